The summed E-state index contributed by atoms with van der Waals surface area (Å²) in [5.41, 5.74) is 1.29. The molecule has 2 rings (SSSR count). The Labute approximate surface area is 141 Å². The molecule has 24 heavy (non-hydrogen) atoms. The van der Waals surface area contributed by atoms with Crippen LogP contribution in [-0.4, -0.2) is 39.5 Å². The lowest BCUT2D eigenvalue weighted by Gasteiger charge is -2.12. The van der Waals surface area contributed by atoms with Crippen molar-refractivity contribution in [3.05, 3.63) is 41.7 Å². The fourth-order valence-corrected chi connectivity index (χ4v) is 2.27. The molecule has 0 aliphatic carbocycles. The number of aryl methyl sites for hydroxylation is 1. The first-order chi connectivity index (χ1) is 11.5. The van der Waals surface area contributed by atoms with Crippen molar-refractivity contribution in [2.45, 2.75) is 39.7 Å². The number of carbonyl (C=O) groups excluding carboxylic acids is 2. The molecule has 1 heterocycles. The fourth-order valence-electron chi connectivity index (χ4n) is 2.27. The zero-order valence-corrected chi connectivity index (χ0v) is 14.2. The summed E-state index contributed by atoms with van der Waals surface area (Å²) in [5, 5.41) is 11.1. The lowest BCUT2D eigenvalue weighted by molar-refractivity contribution is -0.124. The molecular formula is C17H22N4O3. The van der Waals surface area contributed by atoms with E-state index < -0.39 is 5.97 Å². The van der Waals surface area contributed by atoms with Gasteiger partial charge in [0.1, 0.15) is 0 Å². The molecule has 0 aliphatic heterocycles. The molecule has 0 radical (unpaired) electrons. The van der Waals surface area contributed by atoms with Gasteiger partial charge in [0.15, 0.2) is 12.3 Å². The van der Waals surface area contributed by atoms with Gasteiger partial charge in [0.2, 0.25) is 0 Å². The van der Waals surface area contributed by atoms with Crippen LogP contribution < -0.4 is 5.32 Å². The number of benzene rings is 1. The molecular weight excluding hydrogens is 308 g/mol. The molecule has 1 N–H and O–H groups in total. The monoisotopic (exact) mass is 330 g/mol. The average molecular weight is 330 g/mol. The highest BCUT2D eigenvalue weighted by atomic mass is 16.5. The summed E-state index contributed by atoms with van der Waals surface area (Å²) >= 11 is 0. The number of rotatable bonds is 7. The minimum absolute atomic E-state index is 0.0573. The maximum absolute atomic E-state index is 12.1. The predicted molar refractivity (Wildman–Crippen MR) is 88.9 cm³/mol. The van der Waals surface area contributed by atoms with E-state index in [1.54, 1.807) is 6.92 Å². The number of ether oxygens (including phenoxy) is 1. The summed E-state index contributed by atoms with van der Waals surface area (Å²) in [5.74, 6) is -0.981. The molecule has 128 valence electrons. The van der Waals surface area contributed by atoms with Crippen LogP contribution in [0, 0.1) is 6.92 Å². The van der Waals surface area contributed by atoms with Crippen LogP contribution in [0.3, 0.4) is 0 Å². The number of hydrogen-bond donors (Lipinski definition) is 1. The van der Waals surface area contributed by atoms with Crippen LogP contribution >= 0.6 is 0 Å². The standard InChI is InChI=1S/C17H22N4O3/c1-4-8-12(2)18-15(22)11-24-17(23)16-13(3)19-21(20-16)14-9-6-5-7-10-14/h5-7,9-10,12H,4,8,11H2,1-3H3,(H,18,22)/t12-/m0/s1. The first-order valence-corrected chi connectivity index (χ1v) is 7.97. The number of nitrogens with one attached hydrogen (secondary N) is 1. The lowest BCUT2D eigenvalue weighted by Crippen LogP contribution is -2.35. The van der Waals surface area contributed by atoms with Gasteiger partial charge in [0.25, 0.3) is 5.91 Å². The fraction of sp³-hybridized carbons (Fsp3) is 0.412. The van der Waals surface area contributed by atoms with Gasteiger partial charge >= 0.3 is 5.97 Å². The molecule has 1 aromatic carbocycles. The molecule has 7 nitrogen and oxygen atoms in total. The third kappa shape index (κ3) is 4.65. The Bertz CT molecular complexity index is 697. The summed E-state index contributed by atoms with van der Waals surface area (Å²) in [6.45, 7) is 5.30. The minimum atomic E-state index is -0.659. The van der Waals surface area contributed by atoms with E-state index in [0.717, 1.165) is 18.5 Å². The summed E-state index contributed by atoms with van der Waals surface area (Å²) in [7, 11) is 0. The Kier molecular flexibility index (Phi) is 6.06. The van der Waals surface area contributed by atoms with Crippen LogP contribution in [0.1, 0.15) is 42.9 Å². The first-order valence-electron chi connectivity index (χ1n) is 7.97. The van der Waals surface area contributed by atoms with E-state index in [1.165, 1.54) is 4.80 Å². The van der Waals surface area contributed by atoms with E-state index in [9.17, 15) is 9.59 Å². The van der Waals surface area contributed by atoms with Gasteiger partial charge in [-0.2, -0.15) is 9.90 Å². The number of carbonyl (C=O) groups is 2. The quantitative estimate of drug-likeness (QED) is 0.785. The number of hydrogen-bond acceptors (Lipinski definition) is 5. The average Bonchev–Trinajstić information content (AvgIpc) is 2.95. The van der Waals surface area contributed by atoms with Crippen molar-refractivity contribution in [3.8, 4) is 5.69 Å². The summed E-state index contributed by atoms with van der Waals surface area (Å²) < 4.78 is 5.03. The molecule has 1 amide bonds. The maximum Gasteiger partial charge on any atom is 0.361 e. The van der Waals surface area contributed by atoms with Gasteiger partial charge in [0.05, 0.1) is 11.4 Å². The van der Waals surface area contributed by atoms with Crippen molar-refractivity contribution < 1.29 is 14.3 Å². The Balaban J connectivity index is 1.96. The molecule has 0 bridgehead atoms. The van der Waals surface area contributed by atoms with Crippen LogP contribution in [-0.2, 0) is 9.53 Å². The Hall–Kier alpha value is -2.70. The Morgan fingerprint density at radius 1 is 1.25 bits per heavy atom. The number of aromatic nitrogens is 3. The van der Waals surface area contributed by atoms with Gasteiger partial charge in [-0.25, -0.2) is 4.79 Å². The van der Waals surface area contributed by atoms with Gasteiger partial charge in [-0.15, -0.1) is 5.10 Å². The molecule has 0 saturated carbocycles. The highest BCUT2D eigenvalue weighted by Gasteiger charge is 2.19. The van der Waals surface area contributed by atoms with E-state index in [2.05, 4.69) is 15.5 Å². The number of para-hydroxylation sites is 1. The normalized spacial score (nSPS) is 11.8. The van der Waals surface area contributed by atoms with Crippen LogP contribution in [0.5, 0.6) is 0 Å². The number of esters is 1. The molecule has 1 aromatic heterocycles. The predicted octanol–water partition coefficient (Wildman–Crippen LogP) is 2.04. The first kappa shape index (κ1) is 17.7. The van der Waals surface area contributed by atoms with E-state index in [4.69, 9.17) is 4.74 Å². The molecule has 2 aromatic rings. The van der Waals surface area contributed by atoms with Crippen molar-refractivity contribution in [2.24, 2.45) is 0 Å². The molecule has 7 heteroatoms. The second-order valence-corrected chi connectivity index (χ2v) is 5.59. The van der Waals surface area contributed by atoms with Crippen molar-refractivity contribution >= 4 is 11.9 Å². The number of nitrogens with zero attached hydrogens (tertiary/aromatic N) is 3. The SMILES string of the molecule is CCC[C@H](C)NC(=O)COC(=O)c1nn(-c2ccccc2)nc1C. The molecule has 0 fully saturated rings. The molecule has 0 saturated heterocycles. The molecule has 0 unspecified atom stereocenters. The van der Waals surface area contributed by atoms with Gasteiger partial charge in [0, 0.05) is 6.04 Å². The second kappa shape index (κ2) is 8.24. The highest BCUT2D eigenvalue weighted by molar-refractivity contribution is 5.90. The van der Waals surface area contributed by atoms with E-state index >= 15 is 0 Å². The zero-order chi connectivity index (χ0) is 17.5. The summed E-state index contributed by atoms with van der Waals surface area (Å²) in [6.07, 6.45) is 1.85. The maximum atomic E-state index is 12.1. The van der Waals surface area contributed by atoms with Crippen molar-refractivity contribution in [1.82, 2.24) is 20.3 Å². The molecule has 0 aliphatic rings. The van der Waals surface area contributed by atoms with Crippen LogP contribution in [0.4, 0.5) is 0 Å². The minimum Gasteiger partial charge on any atom is -0.451 e. The van der Waals surface area contributed by atoms with E-state index in [-0.39, 0.29) is 24.2 Å². The Morgan fingerprint density at radius 3 is 2.62 bits per heavy atom. The lowest BCUT2D eigenvalue weighted by atomic mass is 10.2. The van der Waals surface area contributed by atoms with Crippen molar-refractivity contribution in [2.75, 3.05) is 6.61 Å². The highest BCUT2D eigenvalue weighted by Crippen LogP contribution is 2.09. The van der Waals surface area contributed by atoms with Crippen LogP contribution in [0.2, 0.25) is 0 Å². The van der Waals surface area contributed by atoms with Gasteiger partial charge in [-0.05, 0) is 32.4 Å². The number of amides is 1. The summed E-state index contributed by atoms with van der Waals surface area (Å²) in [4.78, 5) is 25.2. The summed E-state index contributed by atoms with van der Waals surface area (Å²) in [6, 6.07) is 9.31. The zero-order valence-electron chi connectivity index (χ0n) is 14.2. The van der Waals surface area contributed by atoms with Crippen molar-refractivity contribution in [3.63, 3.8) is 0 Å². The molecule has 0 spiro atoms. The van der Waals surface area contributed by atoms with Crippen molar-refractivity contribution in [1.29, 1.82) is 0 Å². The Morgan fingerprint density at radius 2 is 1.96 bits per heavy atom. The third-order valence-electron chi connectivity index (χ3n) is 3.43. The van der Waals surface area contributed by atoms with Crippen LogP contribution in [0.25, 0.3) is 5.69 Å². The van der Waals surface area contributed by atoms with Crippen LogP contribution in [0.15, 0.2) is 30.3 Å². The van der Waals surface area contributed by atoms with E-state index in [0.29, 0.717) is 5.69 Å². The van der Waals surface area contributed by atoms with Gasteiger partial charge < -0.3 is 10.1 Å². The van der Waals surface area contributed by atoms with Gasteiger partial charge in [-0.1, -0.05) is 31.5 Å². The third-order valence-corrected chi connectivity index (χ3v) is 3.43. The smallest absolute Gasteiger partial charge is 0.361 e. The largest absolute Gasteiger partial charge is 0.451 e. The van der Waals surface area contributed by atoms with Gasteiger partial charge in [-0.3, -0.25) is 4.79 Å². The van der Waals surface area contributed by atoms with E-state index in [1.807, 2.05) is 44.2 Å². The molecule has 1 atom stereocenters. The second-order valence-electron chi connectivity index (χ2n) is 5.59. The topological polar surface area (TPSA) is 86.1 Å².